The van der Waals surface area contributed by atoms with Crippen LogP contribution < -0.4 is 0 Å². The lowest BCUT2D eigenvalue weighted by Gasteiger charge is -2.27. The summed E-state index contributed by atoms with van der Waals surface area (Å²) in [5.41, 5.74) is 5.86. The van der Waals surface area contributed by atoms with Crippen LogP contribution in [-0.2, 0) is 26.1 Å². The Labute approximate surface area is 153 Å². The smallest absolute Gasteiger partial charge is 0.159 e. The van der Waals surface area contributed by atoms with E-state index in [1.54, 1.807) is 12.4 Å². The van der Waals surface area contributed by atoms with Gasteiger partial charge in [0.2, 0.25) is 0 Å². The average Bonchev–Trinajstić information content (AvgIpc) is 3.01. The van der Waals surface area contributed by atoms with Crippen LogP contribution in [0.2, 0.25) is 0 Å². The van der Waals surface area contributed by atoms with Crippen molar-refractivity contribution in [3.05, 3.63) is 59.4 Å². The molecule has 0 amide bonds. The van der Waals surface area contributed by atoms with Crippen LogP contribution in [-0.4, -0.2) is 36.2 Å². The Morgan fingerprint density at radius 1 is 1.19 bits per heavy atom. The average molecular weight is 348 g/mol. The van der Waals surface area contributed by atoms with Crippen molar-refractivity contribution >= 4 is 0 Å². The van der Waals surface area contributed by atoms with Crippen molar-refractivity contribution in [1.29, 1.82) is 0 Å². The molecule has 0 saturated carbocycles. The molecule has 3 aromatic heterocycles. The van der Waals surface area contributed by atoms with E-state index in [2.05, 4.69) is 44.7 Å². The number of pyridine rings is 1. The molecule has 1 aliphatic heterocycles. The van der Waals surface area contributed by atoms with Crippen molar-refractivity contribution in [2.24, 2.45) is 0 Å². The molecule has 0 fully saturated rings. The SMILES string of the molecule is CCCn1cc(CN2CCc3nc(-c4ccncc4)ncc3C2)c(C)n1. The van der Waals surface area contributed by atoms with Gasteiger partial charge in [0.15, 0.2) is 5.82 Å². The van der Waals surface area contributed by atoms with E-state index in [1.165, 1.54) is 16.8 Å². The molecule has 0 radical (unpaired) electrons. The lowest BCUT2D eigenvalue weighted by molar-refractivity contribution is 0.242. The van der Waals surface area contributed by atoms with Gasteiger partial charge in [-0.3, -0.25) is 14.6 Å². The van der Waals surface area contributed by atoms with Crippen LogP contribution in [0.15, 0.2) is 36.9 Å². The van der Waals surface area contributed by atoms with E-state index in [-0.39, 0.29) is 0 Å². The van der Waals surface area contributed by atoms with E-state index in [0.717, 1.165) is 56.1 Å². The van der Waals surface area contributed by atoms with Crippen molar-refractivity contribution in [2.45, 2.75) is 46.3 Å². The Morgan fingerprint density at radius 2 is 2.04 bits per heavy atom. The second-order valence-corrected chi connectivity index (χ2v) is 6.86. The Morgan fingerprint density at radius 3 is 2.85 bits per heavy atom. The first-order valence-electron chi connectivity index (χ1n) is 9.23. The fourth-order valence-corrected chi connectivity index (χ4v) is 3.45. The number of aryl methyl sites for hydroxylation is 2. The molecule has 0 aromatic carbocycles. The van der Waals surface area contributed by atoms with E-state index in [1.807, 2.05) is 18.3 Å². The van der Waals surface area contributed by atoms with Crippen LogP contribution in [0.5, 0.6) is 0 Å². The molecule has 0 saturated heterocycles. The molecule has 0 unspecified atom stereocenters. The Hall–Kier alpha value is -2.60. The van der Waals surface area contributed by atoms with E-state index >= 15 is 0 Å². The van der Waals surface area contributed by atoms with Gasteiger partial charge < -0.3 is 0 Å². The summed E-state index contributed by atoms with van der Waals surface area (Å²) in [6.45, 7) is 8.10. The van der Waals surface area contributed by atoms with Gasteiger partial charge >= 0.3 is 0 Å². The highest BCUT2D eigenvalue weighted by atomic mass is 15.3. The molecule has 0 spiro atoms. The van der Waals surface area contributed by atoms with Gasteiger partial charge in [-0.1, -0.05) is 6.92 Å². The fraction of sp³-hybridized carbons (Fsp3) is 0.400. The predicted molar refractivity (Wildman–Crippen MR) is 100 cm³/mol. The molecule has 0 aliphatic carbocycles. The van der Waals surface area contributed by atoms with Crippen molar-refractivity contribution < 1.29 is 0 Å². The second-order valence-electron chi connectivity index (χ2n) is 6.86. The normalized spacial score (nSPS) is 14.4. The van der Waals surface area contributed by atoms with Gasteiger partial charge in [-0.25, -0.2) is 9.97 Å². The standard InChI is InChI=1S/C20H24N6/c1-3-9-26-14-18(15(2)24-26)13-25-10-6-19-17(12-25)11-22-20(23-19)16-4-7-21-8-5-16/h4-5,7-8,11,14H,3,6,9-10,12-13H2,1-2H3. The van der Waals surface area contributed by atoms with E-state index in [4.69, 9.17) is 4.98 Å². The zero-order valence-electron chi connectivity index (χ0n) is 15.4. The molecule has 3 aromatic rings. The van der Waals surface area contributed by atoms with Crippen LogP contribution >= 0.6 is 0 Å². The molecule has 26 heavy (non-hydrogen) atoms. The van der Waals surface area contributed by atoms with Crippen molar-refractivity contribution in [3.8, 4) is 11.4 Å². The molecule has 1 aliphatic rings. The highest BCUT2D eigenvalue weighted by molar-refractivity contribution is 5.54. The van der Waals surface area contributed by atoms with Crippen LogP contribution in [0, 0.1) is 6.92 Å². The number of hydrogen-bond donors (Lipinski definition) is 0. The first kappa shape index (κ1) is 16.8. The minimum absolute atomic E-state index is 0.788. The number of rotatable bonds is 5. The maximum Gasteiger partial charge on any atom is 0.159 e. The topological polar surface area (TPSA) is 59.7 Å². The maximum atomic E-state index is 4.79. The van der Waals surface area contributed by atoms with Gasteiger partial charge in [0, 0.05) is 74.1 Å². The van der Waals surface area contributed by atoms with Crippen molar-refractivity contribution in [1.82, 2.24) is 29.6 Å². The largest absolute Gasteiger partial charge is 0.294 e. The van der Waals surface area contributed by atoms with Crippen LogP contribution in [0.3, 0.4) is 0 Å². The molecule has 6 heteroatoms. The summed E-state index contributed by atoms with van der Waals surface area (Å²) >= 11 is 0. The lowest BCUT2D eigenvalue weighted by Crippen LogP contribution is -2.31. The summed E-state index contributed by atoms with van der Waals surface area (Å²) in [6.07, 6.45) is 9.80. The van der Waals surface area contributed by atoms with Crippen molar-refractivity contribution in [3.63, 3.8) is 0 Å². The fourth-order valence-electron chi connectivity index (χ4n) is 3.45. The zero-order valence-corrected chi connectivity index (χ0v) is 15.4. The molecule has 0 atom stereocenters. The number of hydrogen-bond acceptors (Lipinski definition) is 5. The quantitative estimate of drug-likeness (QED) is 0.709. The molecule has 6 nitrogen and oxygen atoms in total. The third-order valence-electron chi connectivity index (χ3n) is 4.85. The third-order valence-corrected chi connectivity index (χ3v) is 4.85. The second kappa shape index (κ2) is 7.33. The maximum absolute atomic E-state index is 4.79. The highest BCUT2D eigenvalue weighted by Crippen LogP contribution is 2.22. The summed E-state index contributed by atoms with van der Waals surface area (Å²) in [5.74, 6) is 0.788. The van der Waals surface area contributed by atoms with E-state index in [0.29, 0.717) is 0 Å². The third kappa shape index (κ3) is 3.51. The lowest BCUT2D eigenvalue weighted by atomic mass is 10.1. The van der Waals surface area contributed by atoms with Gasteiger partial charge in [0.25, 0.3) is 0 Å². The van der Waals surface area contributed by atoms with E-state index < -0.39 is 0 Å². The first-order chi connectivity index (χ1) is 12.7. The summed E-state index contributed by atoms with van der Waals surface area (Å²) in [5, 5.41) is 4.62. The Bertz CT molecular complexity index is 887. The van der Waals surface area contributed by atoms with Crippen LogP contribution in [0.25, 0.3) is 11.4 Å². The molecule has 134 valence electrons. The van der Waals surface area contributed by atoms with Crippen LogP contribution in [0.1, 0.15) is 35.9 Å². The molecular formula is C20H24N6. The van der Waals surface area contributed by atoms with Crippen molar-refractivity contribution in [2.75, 3.05) is 6.54 Å². The highest BCUT2D eigenvalue weighted by Gasteiger charge is 2.20. The van der Waals surface area contributed by atoms with Gasteiger partial charge in [0.05, 0.1) is 11.4 Å². The molecule has 4 heterocycles. The summed E-state index contributed by atoms with van der Waals surface area (Å²) in [7, 11) is 0. The van der Waals surface area contributed by atoms with Gasteiger partial charge in [0.1, 0.15) is 0 Å². The summed E-state index contributed by atoms with van der Waals surface area (Å²) in [6, 6.07) is 3.90. The predicted octanol–water partition coefficient (Wildman–Crippen LogP) is 3.01. The Balaban J connectivity index is 1.48. The minimum Gasteiger partial charge on any atom is -0.294 e. The summed E-state index contributed by atoms with van der Waals surface area (Å²) in [4.78, 5) is 15.9. The number of fused-ring (bicyclic) bond motifs is 1. The van der Waals surface area contributed by atoms with Gasteiger partial charge in [-0.2, -0.15) is 5.10 Å². The first-order valence-corrected chi connectivity index (χ1v) is 9.23. The van der Waals surface area contributed by atoms with Gasteiger partial charge in [-0.05, 0) is 25.5 Å². The molecular weight excluding hydrogens is 324 g/mol. The Kier molecular flexibility index (Phi) is 4.75. The zero-order chi connectivity index (χ0) is 17.9. The number of nitrogens with zero attached hydrogens (tertiary/aromatic N) is 6. The molecule has 0 N–H and O–H groups in total. The molecule has 0 bridgehead atoms. The summed E-state index contributed by atoms with van der Waals surface area (Å²) < 4.78 is 2.06. The van der Waals surface area contributed by atoms with Gasteiger partial charge in [-0.15, -0.1) is 0 Å². The minimum atomic E-state index is 0.788. The monoisotopic (exact) mass is 348 g/mol. The molecule has 4 rings (SSSR count). The number of aromatic nitrogens is 5. The van der Waals surface area contributed by atoms with Crippen LogP contribution in [0.4, 0.5) is 0 Å². The van der Waals surface area contributed by atoms with E-state index in [9.17, 15) is 0 Å².